The number of hydrogen-bond donors (Lipinski definition) is 1. The van der Waals surface area contributed by atoms with Gasteiger partial charge in [-0.15, -0.1) is 0 Å². The van der Waals surface area contributed by atoms with Crippen LogP contribution in [0.2, 0.25) is 0 Å². The highest BCUT2D eigenvalue weighted by molar-refractivity contribution is 5.41. The van der Waals surface area contributed by atoms with Gasteiger partial charge in [0, 0.05) is 6.54 Å². The molecule has 0 bridgehead atoms. The van der Waals surface area contributed by atoms with E-state index in [9.17, 15) is 5.11 Å². The zero-order valence-electron chi connectivity index (χ0n) is 9.07. The molecule has 1 aromatic carbocycles. The molecule has 0 saturated carbocycles. The van der Waals surface area contributed by atoms with Crippen molar-refractivity contribution in [2.45, 2.75) is 19.4 Å². The van der Waals surface area contributed by atoms with Crippen LogP contribution in [0, 0.1) is 0 Å². The number of aromatic hydroxyl groups is 1. The Morgan fingerprint density at radius 3 is 2.67 bits per heavy atom. The monoisotopic (exact) mass is 207 g/mol. The first-order valence-corrected chi connectivity index (χ1v) is 5.38. The summed E-state index contributed by atoms with van der Waals surface area (Å²) < 4.78 is 5.01. The van der Waals surface area contributed by atoms with E-state index >= 15 is 0 Å². The van der Waals surface area contributed by atoms with Gasteiger partial charge in [0.15, 0.2) is 11.5 Å². The Morgan fingerprint density at radius 1 is 1.33 bits per heavy atom. The van der Waals surface area contributed by atoms with E-state index in [0.717, 1.165) is 12.1 Å². The van der Waals surface area contributed by atoms with Gasteiger partial charge in [0.05, 0.1) is 7.11 Å². The quantitative estimate of drug-likeness (QED) is 0.822. The lowest BCUT2D eigenvalue weighted by Crippen LogP contribution is -2.18. The molecule has 3 heteroatoms. The fourth-order valence-corrected chi connectivity index (χ4v) is 2.03. The van der Waals surface area contributed by atoms with Crippen LogP contribution >= 0.6 is 0 Å². The Morgan fingerprint density at radius 2 is 2.07 bits per heavy atom. The maximum absolute atomic E-state index is 9.62. The van der Waals surface area contributed by atoms with Gasteiger partial charge in [0.1, 0.15) is 0 Å². The van der Waals surface area contributed by atoms with Crippen LogP contribution in [0.25, 0.3) is 0 Å². The van der Waals surface area contributed by atoms with Gasteiger partial charge in [0.2, 0.25) is 0 Å². The minimum Gasteiger partial charge on any atom is -0.504 e. The number of rotatable bonds is 3. The molecule has 2 rings (SSSR count). The highest BCUT2D eigenvalue weighted by atomic mass is 16.5. The SMILES string of the molecule is COc1ccc(CN2CCCC2)cc1O. The third-order valence-electron chi connectivity index (χ3n) is 2.85. The summed E-state index contributed by atoms with van der Waals surface area (Å²) in [5, 5.41) is 9.62. The number of benzene rings is 1. The highest BCUT2D eigenvalue weighted by Gasteiger charge is 2.12. The molecule has 15 heavy (non-hydrogen) atoms. The third kappa shape index (κ3) is 2.42. The van der Waals surface area contributed by atoms with Crippen LogP contribution in [-0.2, 0) is 6.54 Å². The largest absolute Gasteiger partial charge is 0.504 e. The maximum atomic E-state index is 9.62. The van der Waals surface area contributed by atoms with Gasteiger partial charge in [0.25, 0.3) is 0 Å². The van der Waals surface area contributed by atoms with Crippen LogP contribution in [0.5, 0.6) is 11.5 Å². The van der Waals surface area contributed by atoms with E-state index in [-0.39, 0.29) is 5.75 Å². The van der Waals surface area contributed by atoms with Crippen LogP contribution in [0.15, 0.2) is 18.2 Å². The normalized spacial score (nSPS) is 16.9. The Hall–Kier alpha value is -1.22. The molecule has 82 valence electrons. The summed E-state index contributed by atoms with van der Waals surface area (Å²) in [6.45, 7) is 3.27. The fourth-order valence-electron chi connectivity index (χ4n) is 2.03. The number of nitrogens with zero attached hydrogens (tertiary/aromatic N) is 1. The Bertz CT molecular complexity index is 332. The van der Waals surface area contributed by atoms with Gasteiger partial charge in [-0.25, -0.2) is 0 Å². The van der Waals surface area contributed by atoms with Crippen LogP contribution in [0.4, 0.5) is 0 Å². The van der Waals surface area contributed by atoms with Crippen molar-refractivity contribution in [2.24, 2.45) is 0 Å². The van der Waals surface area contributed by atoms with E-state index in [1.54, 1.807) is 13.2 Å². The molecule has 0 aliphatic carbocycles. The van der Waals surface area contributed by atoms with Gasteiger partial charge in [-0.05, 0) is 43.6 Å². The molecule has 0 unspecified atom stereocenters. The lowest BCUT2D eigenvalue weighted by molar-refractivity contribution is 0.329. The molecule has 1 aliphatic rings. The number of hydrogen-bond acceptors (Lipinski definition) is 3. The van der Waals surface area contributed by atoms with Crippen LogP contribution in [0.1, 0.15) is 18.4 Å². The van der Waals surface area contributed by atoms with E-state index in [4.69, 9.17) is 4.74 Å². The molecule has 0 radical (unpaired) electrons. The van der Waals surface area contributed by atoms with Gasteiger partial charge in [-0.1, -0.05) is 6.07 Å². The number of methoxy groups -OCH3 is 1. The first-order valence-electron chi connectivity index (χ1n) is 5.38. The van der Waals surface area contributed by atoms with E-state index < -0.39 is 0 Å². The summed E-state index contributed by atoms with van der Waals surface area (Å²) in [6, 6.07) is 5.62. The van der Waals surface area contributed by atoms with E-state index in [1.807, 2.05) is 12.1 Å². The van der Waals surface area contributed by atoms with Crippen LogP contribution < -0.4 is 4.74 Å². The molecular formula is C12H17NO2. The summed E-state index contributed by atoms with van der Waals surface area (Å²) in [4.78, 5) is 2.40. The lowest BCUT2D eigenvalue weighted by atomic mass is 10.2. The smallest absolute Gasteiger partial charge is 0.160 e. The number of phenols is 1. The summed E-state index contributed by atoms with van der Waals surface area (Å²) in [6.07, 6.45) is 2.59. The van der Waals surface area contributed by atoms with Gasteiger partial charge >= 0.3 is 0 Å². The summed E-state index contributed by atoms with van der Waals surface area (Å²) in [5.41, 5.74) is 1.15. The molecule has 0 amide bonds. The van der Waals surface area contributed by atoms with Gasteiger partial charge in [-0.3, -0.25) is 4.90 Å². The van der Waals surface area contributed by atoms with Crippen LogP contribution in [-0.4, -0.2) is 30.2 Å². The molecule has 1 fully saturated rings. The minimum atomic E-state index is 0.231. The second-order valence-electron chi connectivity index (χ2n) is 3.99. The zero-order chi connectivity index (χ0) is 10.7. The first kappa shape index (κ1) is 10.3. The molecular weight excluding hydrogens is 190 g/mol. The van der Waals surface area contributed by atoms with E-state index in [2.05, 4.69) is 4.90 Å². The summed E-state index contributed by atoms with van der Waals surface area (Å²) in [5.74, 6) is 0.773. The molecule has 3 nitrogen and oxygen atoms in total. The third-order valence-corrected chi connectivity index (χ3v) is 2.85. The van der Waals surface area contributed by atoms with Crippen molar-refractivity contribution in [1.82, 2.24) is 4.90 Å². The van der Waals surface area contributed by atoms with Crippen molar-refractivity contribution in [3.8, 4) is 11.5 Å². The second-order valence-corrected chi connectivity index (χ2v) is 3.99. The molecule has 1 aliphatic heterocycles. The first-order chi connectivity index (χ1) is 7.29. The molecule has 0 atom stereocenters. The average Bonchev–Trinajstić information content (AvgIpc) is 2.71. The molecule has 0 aromatic heterocycles. The predicted octanol–water partition coefficient (Wildman–Crippen LogP) is 2.00. The van der Waals surface area contributed by atoms with Crippen LogP contribution in [0.3, 0.4) is 0 Å². The van der Waals surface area contributed by atoms with Crippen molar-refractivity contribution in [3.05, 3.63) is 23.8 Å². The van der Waals surface area contributed by atoms with E-state index in [0.29, 0.717) is 5.75 Å². The Kier molecular flexibility index (Phi) is 3.11. The second kappa shape index (κ2) is 4.53. The number of phenolic OH excluding ortho intramolecular Hbond substituents is 1. The Labute approximate surface area is 90.3 Å². The van der Waals surface area contributed by atoms with Crippen molar-refractivity contribution >= 4 is 0 Å². The molecule has 0 spiro atoms. The molecule has 1 heterocycles. The lowest BCUT2D eigenvalue weighted by Gasteiger charge is -2.15. The number of ether oxygens (including phenoxy) is 1. The predicted molar refractivity (Wildman–Crippen MR) is 59.2 cm³/mol. The van der Waals surface area contributed by atoms with Crippen molar-refractivity contribution in [1.29, 1.82) is 0 Å². The van der Waals surface area contributed by atoms with Gasteiger partial charge < -0.3 is 9.84 Å². The van der Waals surface area contributed by atoms with Crippen molar-refractivity contribution in [3.63, 3.8) is 0 Å². The van der Waals surface area contributed by atoms with Crippen molar-refractivity contribution in [2.75, 3.05) is 20.2 Å². The topological polar surface area (TPSA) is 32.7 Å². The molecule has 1 N–H and O–H groups in total. The van der Waals surface area contributed by atoms with Gasteiger partial charge in [-0.2, -0.15) is 0 Å². The summed E-state index contributed by atoms with van der Waals surface area (Å²) in [7, 11) is 1.56. The zero-order valence-corrected chi connectivity index (χ0v) is 9.07. The molecule has 1 saturated heterocycles. The highest BCUT2D eigenvalue weighted by Crippen LogP contribution is 2.27. The van der Waals surface area contributed by atoms with Crippen molar-refractivity contribution < 1.29 is 9.84 Å². The van der Waals surface area contributed by atoms with E-state index in [1.165, 1.54) is 25.9 Å². The average molecular weight is 207 g/mol. The standard InChI is InChI=1S/C12H17NO2/c1-15-12-5-4-10(8-11(12)14)9-13-6-2-3-7-13/h4-5,8,14H,2-3,6-7,9H2,1H3. The maximum Gasteiger partial charge on any atom is 0.160 e. The summed E-state index contributed by atoms with van der Waals surface area (Å²) >= 11 is 0. The Balaban J connectivity index is 2.05. The molecule has 1 aromatic rings. The minimum absolute atomic E-state index is 0.231. The number of likely N-dealkylation sites (tertiary alicyclic amines) is 1. The fraction of sp³-hybridized carbons (Fsp3) is 0.500.